The van der Waals surface area contributed by atoms with Crippen molar-refractivity contribution in [1.82, 2.24) is 0 Å². The number of hydrogen-bond acceptors (Lipinski definition) is 1. The van der Waals surface area contributed by atoms with Crippen LogP contribution in [0.15, 0.2) is 12.1 Å². The minimum absolute atomic E-state index is 0.0449. The topological polar surface area (TPSA) is 9.23 Å². The maximum atomic E-state index is 13.1. The molecule has 14 heavy (non-hydrogen) atoms. The molecule has 0 atom stereocenters. The lowest BCUT2D eigenvalue weighted by atomic mass is 10.2. The second-order valence-corrected chi connectivity index (χ2v) is 2.78. The molecule has 1 nitrogen and oxygen atoms in total. The highest BCUT2D eigenvalue weighted by molar-refractivity contribution is 6.17. The lowest BCUT2D eigenvalue weighted by Gasteiger charge is -2.06. The Kier molecular flexibility index (Phi) is 3.73. The van der Waals surface area contributed by atoms with E-state index in [2.05, 4.69) is 10.7 Å². The Labute approximate surface area is 85.6 Å². The van der Waals surface area contributed by atoms with Crippen LogP contribution in [0.2, 0.25) is 0 Å². The maximum absolute atomic E-state index is 13.1. The summed E-state index contributed by atoms with van der Waals surface area (Å²) in [6.07, 6.45) is 4.89. The highest BCUT2D eigenvalue weighted by atomic mass is 35.5. The molecule has 1 aromatic carbocycles. The van der Waals surface area contributed by atoms with Crippen molar-refractivity contribution in [1.29, 1.82) is 0 Å². The van der Waals surface area contributed by atoms with E-state index in [1.807, 2.05) is 0 Å². The highest BCUT2D eigenvalue weighted by Gasteiger charge is 2.11. The van der Waals surface area contributed by atoms with Gasteiger partial charge in [0.1, 0.15) is 6.61 Å². The molecule has 0 saturated carbocycles. The first-order valence-corrected chi connectivity index (χ1v) is 4.32. The molecule has 0 radical (unpaired) electrons. The predicted molar refractivity (Wildman–Crippen MR) is 50.2 cm³/mol. The van der Waals surface area contributed by atoms with Crippen LogP contribution in [0, 0.1) is 24.0 Å². The second-order valence-electron chi connectivity index (χ2n) is 2.52. The lowest BCUT2D eigenvalue weighted by Crippen LogP contribution is -2.00. The van der Waals surface area contributed by atoms with Crippen LogP contribution in [0.4, 0.5) is 8.78 Å². The molecule has 4 heteroatoms. The van der Waals surface area contributed by atoms with Crippen molar-refractivity contribution in [2.24, 2.45) is 0 Å². The van der Waals surface area contributed by atoms with Gasteiger partial charge in [-0.15, -0.1) is 18.0 Å². The van der Waals surface area contributed by atoms with E-state index >= 15 is 0 Å². The average molecular weight is 217 g/mol. The number of ether oxygens (including phenoxy) is 1. The number of hydrogen-bond donors (Lipinski definition) is 0. The average Bonchev–Trinajstić information content (AvgIpc) is 2.16. The summed E-state index contributed by atoms with van der Waals surface area (Å²) >= 11 is 5.42. The monoisotopic (exact) mass is 216 g/mol. The van der Waals surface area contributed by atoms with Crippen molar-refractivity contribution in [3.63, 3.8) is 0 Å². The van der Waals surface area contributed by atoms with E-state index in [1.165, 1.54) is 0 Å². The standard InChI is InChI=1S/C10H7ClF2O/c1-2-3-14-10-8(12)4-7(6-11)5-9(10)13/h1,4-5H,3,6H2. The molecular weight excluding hydrogens is 210 g/mol. The van der Waals surface area contributed by atoms with Crippen molar-refractivity contribution in [2.75, 3.05) is 6.61 Å². The Hall–Kier alpha value is -1.27. The van der Waals surface area contributed by atoms with E-state index < -0.39 is 17.4 Å². The van der Waals surface area contributed by atoms with Gasteiger partial charge in [0.25, 0.3) is 0 Å². The fourth-order valence-corrected chi connectivity index (χ4v) is 1.10. The molecule has 0 fully saturated rings. The molecule has 0 amide bonds. The zero-order valence-corrected chi connectivity index (χ0v) is 7.94. The molecule has 0 aromatic heterocycles. The van der Waals surface area contributed by atoms with E-state index in [1.54, 1.807) is 0 Å². The molecule has 0 spiro atoms. The van der Waals surface area contributed by atoms with Crippen LogP contribution < -0.4 is 4.74 Å². The third-order valence-electron chi connectivity index (χ3n) is 1.51. The highest BCUT2D eigenvalue weighted by Crippen LogP contribution is 2.23. The van der Waals surface area contributed by atoms with Crippen LogP contribution in [0.5, 0.6) is 5.75 Å². The first-order valence-electron chi connectivity index (χ1n) is 3.79. The third-order valence-corrected chi connectivity index (χ3v) is 1.82. The summed E-state index contributed by atoms with van der Waals surface area (Å²) in [7, 11) is 0. The molecule has 0 N–H and O–H groups in total. The molecule has 0 saturated heterocycles. The summed E-state index contributed by atoms with van der Waals surface area (Å²) in [6.45, 7) is -0.173. The Bertz CT molecular complexity index is 348. The van der Waals surface area contributed by atoms with Gasteiger partial charge in [0.2, 0.25) is 0 Å². The van der Waals surface area contributed by atoms with Crippen molar-refractivity contribution in [2.45, 2.75) is 5.88 Å². The van der Waals surface area contributed by atoms with Crippen molar-refractivity contribution >= 4 is 11.6 Å². The number of alkyl halides is 1. The summed E-state index contributed by atoms with van der Waals surface area (Å²) in [4.78, 5) is 0. The van der Waals surface area contributed by atoms with Crippen LogP contribution in [0.1, 0.15) is 5.56 Å². The van der Waals surface area contributed by atoms with Gasteiger partial charge in [0.05, 0.1) is 0 Å². The van der Waals surface area contributed by atoms with Gasteiger partial charge >= 0.3 is 0 Å². The van der Waals surface area contributed by atoms with Gasteiger partial charge in [-0.1, -0.05) is 5.92 Å². The summed E-state index contributed by atoms with van der Waals surface area (Å²) in [6, 6.07) is 2.23. The van der Waals surface area contributed by atoms with Gasteiger partial charge in [0.15, 0.2) is 17.4 Å². The van der Waals surface area contributed by atoms with E-state index in [4.69, 9.17) is 18.0 Å². The Morgan fingerprint density at radius 2 is 1.93 bits per heavy atom. The summed E-state index contributed by atoms with van der Waals surface area (Å²) in [5, 5.41) is 0. The SMILES string of the molecule is C#CCOc1c(F)cc(CCl)cc1F. The maximum Gasteiger partial charge on any atom is 0.192 e. The quantitative estimate of drug-likeness (QED) is 0.558. The summed E-state index contributed by atoms with van der Waals surface area (Å²) < 4.78 is 30.9. The smallest absolute Gasteiger partial charge is 0.192 e. The zero-order valence-electron chi connectivity index (χ0n) is 7.19. The van der Waals surface area contributed by atoms with Gasteiger partial charge in [-0.25, -0.2) is 8.78 Å². The number of halogens is 3. The molecule has 0 aliphatic carbocycles. The van der Waals surface area contributed by atoms with E-state index in [9.17, 15) is 8.78 Å². The third kappa shape index (κ3) is 2.36. The van der Waals surface area contributed by atoms with Crippen LogP contribution in [-0.4, -0.2) is 6.61 Å². The van der Waals surface area contributed by atoms with Crippen LogP contribution in [-0.2, 0) is 5.88 Å². The minimum atomic E-state index is -0.795. The summed E-state index contributed by atoms with van der Waals surface area (Å²) in [5.74, 6) is 0.110. The number of rotatable bonds is 3. The minimum Gasteiger partial charge on any atom is -0.475 e. The van der Waals surface area contributed by atoms with Crippen molar-refractivity contribution in [3.05, 3.63) is 29.3 Å². The first-order chi connectivity index (χ1) is 6.69. The second kappa shape index (κ2) is 4.83. The molecule has 74 valence electrons. The van der Waals surface area contributed by atoms with Crippen LogP contribution in [0.25, 0.3) is 0 Å². The first kappa shape index (κ1) is 10.8. The largest absolute Gasteiger partial charge is 0.475 e. The number of benzene rings is 1. The fraction of sp³-hybridized carbons (Fsp3) is 0.200. The van der Waals surface area contributed by atoms with Gasteiger partial charge in [-0.3, -0.25) is 0 Å². The van der Waals surface area contributed by atoms with Crippen molar-refractivity contribution < 1.29 is 13.5 Å². The Morgan fingerprint density at radius 3 is 2.36 bits per heavy atom. The molecule has 0 aliphatic rings. The van der Waals surface area contributed by atoms with E-state index in [-0.39, 0.29) is 12.5 Å². The zero-order chi connectivity index (χ0) is 10.6. The molecular formula is C10H7ClF2O. The molecule has 1 aromatic rings. The summed E-state index contributed by atoms with van der Waals surface area (Å²) in [5.41, 5.74) is 0.356. The fourth-order valence-electron chi connectivity index (χ4n) is 0.941. The Balaban J connectivity index is 3.00. The molecule has 0 aliphatic heterocycles. The normalized spacial score (nSPS) is 9.57. The van der Waals surface area contributed by atoms with Crippen LogP contribution in [0.3, 0.4) is 0 Å². The molecule has 0 heterocycles. The van der Waals surface area contributed by atoms with Gasteiger partial charge < -0.3 is 4.74 Å². The number of terminal acetylenes is 1. The molecule has 1 rings (SSSR count). The lowest BCUT2D eigenvalue weighted by molar-refractivity contribution is 0.326. The van der Waals surface area contributed by atoms with Crippen LogP contribution >= 0.6 is 11.6 Å². The van der Waals surface area contributed by atoms with E-state index in [0.717, 1.165) is 12.1 Å². The van der Waals surface area contributed by atoms with E-state index in [0.29, 0.717) is 5.56 Å². The Morgan fingerprint density at radius 1 is 1.36 bits per heavy atom. The molecule has 0 unspecified atom stereocenters. The van der Waals surface area contributed by atoms with Gasteiger partial charge in [-0.05, 0) is 17.7 Å². The molecule has 0 bridgehead atoms. The predicted octanol–water partition coefficient (Wildman–Crippen LogP) is 2.72. The van der Waals surface area contributed by atoms with Gasteiger partial charge in [0, 0.05) is 5.88 Å². The van der Waals surface area contributed by atoms with Gasteiger partial charge in [-0.2, -0.15) is 0 Å². The van der Waals surface area contributed by atoms with Crippen molar-refractivity contribution in [3.8, 4) is 18.1 Å².